The van der Waals surface area contributed by atoms with Gasteiger partial charge in [-0.05, 0) is 91.5 Å². The number of fused-ring (bicyclic) bond motifs is 3. The Morgan fingerprint density at radius 1 is 0.939 bits per heavy atom. The lowest BCUT2D eigenvalue weighted by molar-refractivity contribution is -0.251. The number of benzene rings is 4. The van der Waals surface area contributed by atoms with E-state index in [1.807, 2.05) is 61.5 Å². The number of ether oxygens (including phenoxy) is 3. The van der Waals surface area contributed by atoms with Gasteiger partial charge in [-0.15, -0.1) is 6.58 Å². The standard InChI is InChI=1S/C53H60FN3O8S/c1-3-28-57(66(60,61)48-24-14-20-38-21-15-27-55-52(38)48)49-34-46(56-64-35-37-16-6-5-7-17-37)43-32-39(18-10-12-29-58)42(22-11-13-30-59)50-44-33-41(62-36-40-19-8-9-23-45(40)54)25-26-47(44)65-53(49,51(43)50)63-31-4-2/h4-9,14-17,19-21,23-27,32-33,39,42,49-51,58-59H,2-3,10-13,18,22,28-31,34-36H2,1H3/t39-,42+,49-,50+,51+,53+/m0/s1. The first kappa shape index (κ1) is 47.1. The summed E-state index contributed by atoms with van der Waals surface area (Å²) in [6.07, 6.45) is 10.3. The number of aromatic nitrogens is 1. The molecule has 13 heteroatoms. The number of oxime groups is 1. The minimum Gasteiger partial charge on any atom is -0.489 e. The molecule has 2 N–H and O–H groups in total. The third-order valence-electron chi connectivity index (χ3n) is 13.2. The molecule has 0 unspecified atom stereocenters. The largest absolute Gasteiger partial charge is 0.489 e. The van der Waals surface area contributed by atoms with Gasteiger partial charge in [0.05, 0.1) is 29.8 Å². The number of pyridine rings is 1. The van der Waals surface area contributed by atoms with Crippen LogP contribution in [0.1, 0.15) is 80.9 Å². The van der Waals surface area contributed by atoms with Crippen molar-refractivity contribution >= 4 is 26.6 Å². The maximum Gasteiger partial charge on any atom is 0.245 e. The van der Waals surface area contributed by atoms with Crippen molar-refractivity contribution in [3.63, 3.8) is 0 Å². The molecule has 4 aromatic carbocycles. The van der Waals surface area contributed by atoms with Gasteiger partial charge in [-0.1, -0.05) is 104 Å². The number of rotatable bonds is 22. The zero-order chi connectivity index (χ0) is 46.1. The van der Waals surface area contributed by atoms with Gasteiger partial charge in [-0.25, -0.2) is 12.8 Å². The number of hydrogen-bond donors (Lipinski definition) is 2. The summed E-state index contributed by atoms with van der Waals surface area (Å²) < 4.78 is 68.4. The lowest BCUT2D eigenvalue weighted by Crippen LogP contribution is -2.70. The normalized spacial score (nSPS) is 22.9. The summed E-state index contributed by atoms with van der Waals surface area (Å²) in [6, 6.07) is 29.8. The molecule has 2 aliphatic carbocycles. The minimum absolute atomic E-state index is 0.00611. The second-order valence-electron chi connectivity index (χ2n) is 17.4. The zero-order valence-electron chi connectivity index (χ0n) is 37.5. The molecule has 3 aliphatic rings. The molecule has 348 valence electrons. The third kappa shape index (κ3) is 9.68. The number of halogens is 1. The van der Waals surface area contributed by atoms with Crippen LogP contribution in [0.4, 0.5) is 4.39 Å². The molecule has 1 fully saturated rings. The minimum atomic E-state index is -4.32. The number of hydrogen-bond acceptors (Lipinski definition) is 10. The predicted octanol–water partition coefficient (Wildman–Crippen LogP) is 9.89. The van der Waals surface area contributed by atoms with Crippen LogP contribution in [0.25, 0.3) is 10.9 Å². The van der Waals surface area contributed by atoms with Gasteiger partial charge in [0.25, 0.3) is 0 Å². The number of unbranched alkanes of at least 4 members (excludes halogenated alkanes) is 2. The molecule has 6 atom stereocenters. The lowest BCUT2D eigenvalue weighted by atomic mass is 9.55. The topological polar surface area (TPSA) is 140 Å². The molecule has 11 nitrogen and oxygen atoms in total. The van der Waals surface area contributed by atoms with Gasteiger partial charge in [0.15, 0.2) is 0 Å². The number of para-hydroxylation sites is 1. The van der Waals surface area contributed by atoms with Crippen molar-refractivity contribution in [3.8, 4) is 11.5 Å². The molecule has 0 spiro atoms. The molecule has 1 aromatic heterocycles. The summed E-state index contributed by atoms with van der Waals surface area (Å²) in [4.78, 5) is 10.9. The van der Waals surface area contributed by atoms with Crippen molar-refractivity contribution in [1.82, 2.24) is 9.29 Å². The number of aliphatic hydroxyl groups excluding tert-OH is 2. The first-order valence-corrected chi connectivity index (χ1v) is 24.6. The van der Waals surface area contributed by atoms with Gasteiger partial charge in [0, 0.05) is 54.8 Å². The Balaban J connectivity index is 1.35. The number of aliphatic hydroxyl groups is 2. The molecule has 0 saturated heterocycles. The van der Waals surface area contributed by atoms with Crippen LogP contribution < -0.4 is 9.47 Å². The van der Waals surface area contributed by atoms with E-state index in [1.54, 1.807) is 54.7 Å². The van der Waals surface area contributed by atoms with Crippen LogP contribution in [0, 0.1) is 23.6 Å². The number of nitrogens with zero attached hydrogens (tertiary/aromatic N) is 3. The first-order valence-electron chi connectivity index (χ1n) is 23.2. The van der Waals surface area contributed by atoms with Crippen molar-refractivity contribution in [2.45, 2.75) is 94.1 Å². The van der Waals surface area contributed by atoms with E-state index in [9.17, 15) is 14.6 Å². The fourth-order valence-corrected chi connectivity index (χ4v) is 12.2. The third-order valence-corrected chi connectivity index (χ3v) is 15.2. The molecule has 2 heterocycles. The van der Waals surface area contributed by atoms with Crippen LogP contribution in [-0.2, 0) is 32.8 Å². The van der Waals surface area contributed by atoms with Crippen molar-refractivity contribution in [2.24, 2.45) is 22.9 Å². The molecule has 66 heavy (non-hydrogen) atoms. The smallest absolute Gasteiger partial charge is 0.245 e. The first-order chi connectivity index (χ1) is 32.2. The molecular weight excluding hydrogens is 858 g/mol. The van der Waals surface area contributed by atoms with E-state index >= 15 is 8.42 Å². The van der Waals surface area contributed by atoms with Crippen molar-refractivity contribution in [3.05, 3.63) is 156 Å². The fraction of sp³-hybridized carbons (Fsp3) is 0.396. The van der Waals surface area contributed by atoms with E-state index < -0.39 is 27.8 Å². The van der Waals surface area contributed by atoms with Crippen LogP contribution in [0.2, 0.25) is 0 Å². The van der Waals surface area contributed by atoms with Gasteiger partial charge in [-0.3, -0.25) is 4.98 Å². The molecule has 1 aliphatic heterocycles. The Bertz CT molecular complexity index is 2620. The van der Waals surface area contributed by atoms with Crippen molar-refractivity contribution in [2.75, 3.05) is 26.4 Å². The van der Waals surface area contributed by atoms with Gasteiger partial charge in [-0.2, -0.15) is 4.31 Å². The maximum absolute atomic E-state index is 15.6. The molecule has 1 saturated carbocycles. The van der Waals surface area contributed by atoms with Crippen molar-refractivity contribution < 1.29 is 42.1 Å². The Kier molecular flexibility index (Phi) is 15.3. The average Bonchev–Trinajstić information content (AvgIpc) is 3.33. The molecule has 5 aromatic rings. The van der Waals surface area contributed by atoms with Crippen LogP contribution in [0.15, 0.2) is 144 Å². The fourth-order valence-electron chi connectivity index (χ4n) is 10.3. The quantitative estimate of drug-likeness (QED) is 0.0395. The Morgan fingerprint density at radius 2 is 1.71 bits per heavy atom. The highest BCUT2D eigenvalue weighted by Gasteiger charge is 2.66. The van der Waals surface area contributed by atoms with E-state index in [-0.39, 0.29) is 74.5 Å². The van der Waals surface area contributed by atoms with Gasteiger partial charge in [0.2, 0.25) is 15.8 Å². The lowest BCUT2D eigenvalue weighted by Gasteiger charge is -2.59. The van der Waals surface area contributed by atoms with Gasteiger partial charge in [0.1, 0.15) is 35.4 Å². The van der Waals surface area contributed by atoms with E-state index in [0.29, 0.717) is 52.9 Å². The van der Waals surface area contributed by atoms with E-state index in [0.717, 1.165) is 42.4 Å². The van der Waals surface area contributed by atoms with E-state index in [2.05, 4.69) is 17.6 Å². The summed E-state index contributed by atoms with van der Waals surface area (Å²) >= 11 is 0. The SMILES string of the molecule is C=CCO[C@@]12Oc3ccc(OCc4ccccc4F)cc3[C@H]3[C@H](CCCCO)[C@@H](CCCCO)C=C(C(=NOCc4ccccc4)C[C@@H]1N(CCC)S(=O)(=O)c1cccc4cccnc14)[C@H]32. The highest BCUT2D eigenvalue weighted by Crippen LogP contribution is 2.62. The van der Waals surface area contributed by atoms with Crippen LogP contribution in [-0.4, -0.2) is 71.8 Å². The van der Waals surface area contributed by atoms with Gasteiger partial charge >= 0.3 is 0 Å². The summed E-state index contributed by atoms with van der Waals surface area (Å²) in [5, 5.41) is 25.6. The summed E-state index contributed by atoms with van der Waals surface area (Å²) in [7, 11) is -4.32. The van der Waals surface area contributed by atoms with Crippen molar-refractivity contribution in [1.29, 1.82) is 0 Å². The Morgan fingerprint density at radius 3 is 2.48 bits per heavy atom. The van der Waals surface area contributed by atoms with Crippen LogP contribution in [0.3, 0.4) is 0 Å². The molecule has 0 radical (unpaired) electrons. The zero-order valence-corrected chi connectivity index (χ0v) is 38.3. The second kappa shape index (κ2) is 21.5. The summed E-state index contributed by atoms with van der Waals surface area (Å²) in [6.45, 7) is 6.47. The van der Waals surface area contributed by atoms with E-state index in [4.69, 9.17) is 24.2 Å². The molecule has 0 bridgehead atoms. The second-order valence-corrected chi connectivity index (χ2v) is 19.2. The number of allylic oxidation sites excluding steroid dienone is 1. The Labute approximate surface area is 387 Å². The molecule has 8 rings (SSSR count). The predicted molar refractivity (Wildman–Crippen MR) is 253 cm³/mol. The summed E-state index contributed by atoms with van der Waals surface area (Å²) in [5.74, 6) is -1.97. The molecule has 0 amide bonds. The highest BCUT2D eigenvalue weighted by molar-refractivity contribution is 7.89. The van der Waals surface area contributed by atoms with E-state index in [1.165, 1.54) is 10.4 Å². The van der Waals surface area contributed by atoms with Crippen LogP contribution >= 0.6 is 0 Å². The highest BCUT2D eigenvalue weighted by atomic mass is 32.2. The number of sulfonamides is 1. The Hall–Kier alpha value is -5.44. The summed E-state index contributed by atoms with van der Waals surface area (Å²) in [5.41, 5.74) is 4.00. The maximum atomic E-state index is 15.6. The monoisotopic (exact) mass is 917 g/mol. The average molecular weight is 918 g/mol. The van der Waals surface area contributed by atoms with Gasteiger partial charge < -0.3 is 29.3 Å². The molecular formula is C53H60FN3O8S. The van der Waals surface area contributed by atoms with Crippen LogP contribution in [0.5, 0.6) is 11.5 Å².